The molecule has 5 rings (SSSR count). The largest absolute Gasteiger partial charge is 0.494 e. The molecule has 0 bridgehead atoms. The molecule has 2 aromatic carbocycles. The molecule has 33 heavy (non-hydrogen) atoms. The average Bonchev–Trinajstić information content (AvgIpc) is 3.15. The van der Waals surface area contributed by atoms with E-state index in [2.05, 4.69) is 55.5 Å². The molecule has 0 N–H and O–H groups in total. The summed E-state index contributed by atoms with van der Waals surface area (Å²) in [5, 5.41) is 0. The van der Waals surface area contributed by atoms with Gasteiger partial charge in [-0.2, -0.15) is 0 Å². The minimum Gasteiger partial charge on any atom is -0.494 e. The van der Waals surface area contributed by atoms with E-state index in [9.17, 15) is 4.79 Å². The van der Waals surface area contributed by atoms with Crippen LogP contribution in [-0.4, -0.2) is 18.3 Å². The van der Waals surface area contributed by atoms with Crippen LogP contribution in [0.1, 0.15) is 86.8 Å². The number of aryl methyl sites for hydroxylation is 1. The second-order valence-electron chi connectivity index (χ2n) is 10.7. The highest BCUT2D eigenvalue weighted by Gasteiger charge is 2.57. The number of rotatable bonds is 8. The third-order valence-corrected chi connectivity index (χ3v) is 9.23. The Morgan fingerprint density at radius 3 is 2.58 bits per heavy atom. The number of hydrogen-bond donors (Lipinski definition) is 0. The predicted octanol–water partition coefficient (Wildman–Crippen LogP) is 7.68. The second-order valence-corrected chi connectivity index (χ2v) is 11.1. The normalized spacial score (nSPS) is 30.4. The van der Waals surface area contributed by atoms with Crippen molar-refractivity contribution in [2.24, 2.45) is 17.3 Å². The number of ether oxygens (including phenoxy) is 1. The fraction of sp³-hybridized carbons (Fsp3) is 0.567. The van der Waals surface area contributed by atoms with Crippen LogP contribution in [0.2, 0.25) is 0 Å². The van der Waals surface area contributed by atoms with Crippen molar-refractivity contribution < 1.29 is 9.53 Å². The molecule has 3 heteroatoms. The SMILES string of the molecule is C[C@]12C[C@H](c3ccc(OCCCCCCCl)cc3)[C@@H]3c4ccccc4CC[C@H]3[C@@H]1CCC2=O. The van der Waals surface area contributed by atoms with E-state index in [1.165, 1.54) is 36.0 Å². The number of unbranched alkanes of at least 4 members (excludes halogenated alkanes) is 3. The summed E-state index contributed by atoms with van der Waals surface area (Å²) < 4.78 is 6.01. The quantitative estimate of drug-likeness (QED) is 0.295. The Kier molecular flexibility index (Phi) is 6.84. The molecule has 2 saturated carbocycles. The molecular weight excluding hydrogens is 428 g/mol. The predicted molar refractivity (Wildman–Crippen MR) is 135 cm³/mol. The lowest BCUT2D eigenvalue weighted by atomic mass is 9.51. The molecule has 0 saturated heterocycles. The number of Topliss-reactive ketones (excluding diaryl/α,β-unsaturated/α-hetero) is 1. The van der Waals surface area contributed by atoms with E-state index >= 15 is 0 Å². The molecule has 0 aliphatic heterocycles. The summed E-state index contributed by atoms with van der Waals surface area (Å²) in [7, 11) is 0. The summed E-state index contributed by atoms with van der Waals surface area (Å²) in [4.78, 5) is 13.1. The molecule has 3 aliphatic carbocycles. The van der Waals surface area contributed by atoms with Gasteiger partial charge in [0.15, 0.2) is 0 Å². The van der Waals surface area contributed by atoms with Gasteiger partial charge in [0.05, 0.1) is 6.61 Å². The highest BCUT2D eigenvalue weighted by molar-refractivity contribution is 6.17. The Hall–Kier alpha value is -1.80. The first-order valence-electron chi connectivity index (χ1n) is 13.0. The van der Waals surface area contributed by atoms with Crippen molar-refractivity contribution in [3.8, 4) is 5.75 Å². The molecule has 0 aromatic heterocycles. The maximum Gasteiger partial charge on any atom is 0.139 e. The summed E-state index contributed by atoms with van der Waals surface area (Å²) in [6.07, 6.45) is 9.72. The molecule has 0 spiro atoms. The van der Waals surface area contributed by atoms with E-state index in [4.69, 9.17) is 16.3 Å². The summed E-state index contributed by atoms with van der Waals surface area (Å²) in [6.45, 7) is 3.04. The van der Waals surface area contributed by atoms with Crippen molar-refractivity contribution in [1.82, 2.24) is 0 Å². The smallest absolute Gasteiger partial charge is 0.139 e. The number of fused-ring (bicyclic) bond motifs is 5. The fourth-order valence-electron chi connectivity index (χ4n) is 7.30. The van der Waals surface area contributed by atoms with Gasteiger partial charge < -0.3 is 4.74 Å². The Labute approximate surface area is 204 Å². The lowest BCUT2D eigenvalue weighted by molar-refractivity contribution is -0.130. The molecule has 3 aliphatic rings. The van der Waals surface area contributed by atoms with E-state index in [1.807, 2.05) is 0 Å². The van der Waals surface area contributed by atoms with Crippen LogP contribution in [-0.2, 0) is 11.2 Å². The van der Waals surface area contributed by atoms with Gasteiger partial charge in [-0.05, 0) is 91.0 Å². The van der Waals surface area contributed by atoms with Gasteiger partial charge in [0.25, 0.3) is 0 Å². The van der Waals surface area contributed by atoms with Gasteiger partial charge in [0, 0.05) is 17.7 Å². The van der Waals surface area contributed by atoms with Gasteiger partial charge in [-0.3, -0.25) is 4.79 Å². The third kappa shape index (κ3) is 4.36. The van der Waals surface area contributed by atoms with Gasteiger partial charge in [-0.15, -0.1) is 11.6 Å². The Morgan fingerprint density at radius 2 is 1.76 bits per heavy atom. The summed E-state index contributed by atoms with van der Waals surface area (Å²) in [6, 6.07) is 17.9. The van der Waals surface area contributed by atoms with Crippen molar-refractivity contribution in [3.05, 3.63) is 65.2 Å². The van der Waals surface area contributed by atoms with Crippen LogP contribution < -0.4 is 4.74 Å². The molecule has 0 amide bonds. The zero-order valence-electron chi connectivity index (χ0n) is 19.9. The fourth-order valence-corrected chi connectivity index (χ4v) is 7.48. The Bertz CT molecular complexity index is 968. The van der Waals surface area contributed by atoms with Crippen LogP contribution in [0.3, 0.4) is 0 Å². The minimum atomic E-state index is -0.156. The molecule has 5 atom stereocenters. The van der Waals surface area contributed by atoms with Gasteiger partial charge >= 0.3 is 0 Å². The number of alkyl halides is 1. The highest BCUT2D eigenvalue weighted by Crippen LogP contribution is 2.63. The molecule has 2 fully saturated rings. The molecule has 2 aromatic rings. The van der Waals surface area contributed by atoms with Crippen LogP contribution in [0.15, 0.2) is 48.5 Å². The van der Waals surface area contributed by atoms with E-state index in [1.54, 1.807) is 0 Å². The van der Waals surface area contributed by atoms with Crippen molar-refractivity contribution >= 4 is 17.4 Å². The van der Waals surface area contributed by atoms with E-state index in [-0.39, 0.29) is 5.41 Å². The van der Waals surface area contributed by atoms with E-state index in [0.29, 0.717) is 29.5 Å². The number of benzene rings is 2. The molecule has 0 radical (unpaired) electrons. The van der Waals surface area contributed by atoms with Crippen LogP contribution in [0.5, 0.6) is 5.75 Å². The lowest BCUT2D eigenvalue weighted by Crippen LogP contribution is -2.45. The molecule has 2 nitrogen and oxygen atoms in total. The van der Waals surface area contributed by atoms with Crippen molar-refractivity contribution in [2.45, 2.75) is 76.5 Å². The first-order chi connectivity index (χ1) is 16.1. The minimum absolute atomic E-state index is 0.156. The number of halogens is 1. The number of carbonyl (C=O) groups excluding carboxylic acids is 1. The molecular formula is C30H37ClO2. The standard InChI is InChI=1S/C30H37ClO2/c1-30-20-26(22-10-13-23(14-11-22)33-19-7-3-2-6-18-31)29-24-9-5-4-8-21(24)12-15-25(29)27(30)16-17-28(30)32/h4-5,8-11,13-14,25-27,29H,2-3,6-7,12,15-20H2,1H3/t25-,26+,27-,29+,30-/m0/s1. The van der Waals surface area contributed by atoms with Crippen LogP contribution in [0.25, 0.3) is 0 Å². The van der Waals surface area contributed by atoms with Gasteiger partial charge in [0.2, 0.25) is 0 Å². The monoisotopic (exact) mass is 464 g/mol. The lowest BCUT2D eigenvalue weighted by Gasteiger charge is -2.52. The average molecular weight is 465 g/mol. The van der Waals surface area contributed by atoms with Crippen LogP contribution in [0.4, 0.5) is 0 Å². The van der Waals surface area contributed by atoms with Crippen LogP contribution >= 0.6 is 11.6 Å². The van der Waals surface area contributed by atoms with Crippen molar-refractivity contribution in [2.75, 3.05) is 12.5 Å². The molecule has 0 unspecified atom stereocenters. The zero-order valence-corrected chi connectivity index (χ0v) is 20.7. The topological polar surface area (TPSA) is 26.3 Å². The maximum absolute atomic E-state index is 13.1. The second kappa shape index (κ2) is 9.82. The zero-order chi connectivity index (χ0) is 22.8. The van der Waals surface area contributed by atoms with E-state index < -0.39 is 0 Å². The van der Waals surface area contributed by atoms with Crippen molar-refractivity contribution in [3.63, 3.8) is 0 Å². The maximum atomic E-state index is 13.1. The first-order valence-corrected chi connectivity index (χ1v) is 13.5. The molecule has 0 heterocycles. The van der Waals surface area contributed by atoms with Gasteiger partial charge in [-0.1, -0.05) is 56.2 Å². The summed E-state index contributed by atoms with van der Waals surface area (Å²) in [5.74, 6) is 4.27. The highest BCUT2D eigenvalue weighted by atomic mass is 35.5. The third-order valence-electron chi connectivity index (χ3n) is 8.96. The summed E-state index contributed by atoms with van der Waals surface area (Å²) >= 11 is 5.76. The van der Waals surface area contributed by atoms with Crippen LogP contribution in [0, 0.1) is 17.3 Å². The van der Waals surface area contributed by atoms with E-state index in [0.717, 1.165) is 56.8 Å². The van der Waals surface area contributed by atoms with Gasteiger partial charge in [-0.25, -0.2) is 0 Å². The first kappa shape index (κ1) is 23.0. The number of ketones is 1. The Morgan fingerprint density at radius 1 is 0.970 bits per heavy atom. The molecule has 176 valence electrons. The Balaban J connectivity index is 1.37. The summed E-state index contributed by atoms with van der Waals surface area (Å²) in [5.41, 5.74) is 4.27. The van der Waals surface area contributed by atoms with Gasteiger partial charge in [0.1, 0.15) is 11.5 Å². The number of carbonyl (C=O) groups is 1. The van der Waals surface area contributed by atoms with Crippen molar-refractivity contribution in [1.29, 1.82) is 0 Å². The number of hydrogen-bond acceptors (Lipinski definition) is 2.